The highest BCUT2D eigenvalue weighted by atomic mass is 35.5. The number of aryl methyl sites for hydroxylation is 1. The molecule has 1 rings (SSSR count). The minimum absolute atomic E-state index is 0.210. The summed E-state index contributed by atoms with van der Waals surface area (Å²) in [5, 5.41) is 11.3. The lowest BCUT2D eigenvalue weighted by Crippen LogP contribution is -2.20. The fraction of sp³-hybridized carbons (Fsp3) is 0.300. The van der Waals surface area contributed by atoms with Crippen molar-refractivity contribution in [2.45, 2.75) is 19.2 Å². The second-order valence-electron chi connectivity index (χ2n) is 3.11. The first-order valence-corrected chi connectivity index (χ1v) is 4.69. The van der Waals surface area contributed by atoms with Gasteiger partial charge in [0.05, 0.1) is 0 Å². The van der Waals surface area contributed by atoms with Gasteiger partial charge in [0.25, 0.3) is 0 Å². The first kappa shape index (κ1) is 10.9. The molecule has 2 N–H and O–H groups in total. The van der Waals surface area contributed by atoms with Crippen LogP contribution in [-0.4, -0.2) is 16.4 Å². The van der Waals surface area contributed by atoms with Gasteiger partial charge in [-0.05, 0) is 37.6 Å². The molecule has 0 aliphatic rings. The standard InChI is InChI=1S/C10H12ClNO2/c1-6-5-8(3-4-9(6)13)12-10(14)7(2)11/h3-5,7,13H,1-2H3,(H,12,14). The molecule has 0 saturated heterocycles. The molecule has 1 aromatic carbocycles. The molecule has 4 heteroatoms. The molecule has 0 aliphatic heterocycles. The molecule has 0 spiro atoms. The first-order chi connectivity index (χ1) is 6.50. The Labute approximate surface area is 87.7 Å². The van der Waals surface area contributed by atoms with Crippen LogP contribution in [0.2, 0.25) is 0 Å². The number of nitrogens with one attached hydrogen (secondary N) is 1. The Bertz CT molecular complexity index is 350. The number of alkyl halides is 1. The van der Waals surface area contributed by atoms with Crippen molar-refractivity contribution in [1.29, 1.82) is 0 Å². The summed E-state index contributed by atoms with van der Waals surface area (Å²) >= 11 is 5.59. The van der Waals surface area contributed by atoms with E-state index in [4.69, 9.17) is 11.6 Å². The lowest BCUT2D eigenvalue weighted by molar-refractivity contribution is -0.115. The van der Waals surface area contributed by atoms with E-state index in [1.165, 1.54) is 6.07 Å². The van der Waals surface area contributed by atoms with E-state index in [1.54, 1.807) is 26.0 Å². The summed E-state index contributed by atoms with van der Waals surface area (Å²) in [5.74, 6) is -0.0429. The molecule has 76 valence electrons. The Morgan fingerprint density at radius 2 is 2.21 bits per heavy atom. The number of hydrogen-bond acceptors (Lipinski definition) is 2. The van der Waals surface area contributed by atoms with Crippen LogP contribution in [-0.2, 0) is 4.79 Å². The van der Waals surface area contributed by atoms with Crippen molar-refractivity contribution in [1.82, 2.24) is 0 Å². The zero-order valence-electron chi connectivity index (χ0n) is 8.04. The molecular formula is C10H12ClNO2. The maximum Gasteiger partial charge on any atom is 0.242 e. The molecule has 0 aromatic heterocycles. The van der Waals surface area contributed by atoms with E-state index in [0.29, 0.717) is 11.3 Å². The average molecular weight is 214 g/mol. The van der Waals surface area contributed by atoms with Gasteiger partial charge in [-0.15, -0.1) is 11.6 Å². The van der Waals surface area contributed by atoms with Crippen molar-refractivity contribution in [3.05, 3.63) is 23.8 Å². The third kappa shape index (κ3) is 2.64. The SMILES string of the molecule is Cc1cc(NC(=O)C(C)Cl)ccc1O. The third-order valence-electron chi connectivity index (χ3n) is 1.83. The van der Waals surface area contributed by atoms with Crippen molar-refractivity contribution in [2.75, 3.05) is 5.32 Å². The normalized spacial score (nSPS) is 12.2. The number of carbonyl (C=O) groups is 1. The van der Waals surface area contributed by atoms with Crippen LogP contribution < -0.4 is 5.32 Å². The maximum absolute atomic E-state index is 11.2. The summed E-state index contributed by atoms with van der Waals surface area (Å²) in [6.07, 6.45) is 0. The van der Waals surface area contributed by atoms with Crippen molar-refractivity contribution in [2.24, 2.45) is 0 Å². The Morgan fingerprint density at radius 3 is 2.71 bits per heavy atom. The molecule has 0 aliphatic carbocycles. The predicted octanol–water partition coefficient (Wildman–Crippen LogP) is 2.27. The van der Waals surface area contributed by atoms with Crippen molar-refractivity contribution in [3.63, 3.8) is 0 Å². The minimum atomic E-state index is -0.566. The molecule has 0 radical (unpaired) electrons. The lowest BCUT2D eigenvalue weighted by Gasteiger charge is -2.07. The van der Waals surface area contributed by atoms with Gasteiger partial charge in [0.15, 0.2) is 0 Å². The monoisotopic (exact) mass is 213 g/mol. The van der Waals surface area contributed by atoms with E-state index < -0.39 is 5.38 Å². The molecule has 1 atom stereocenters. The van der Waals surface area contributed by atoms with Gasteiger partial charge in [-0.1, -0.05) is 0 Å². The molecule has 0 heterocycles. The molecule has 1 amide bonds. The number of hydrogen-bond donors (Lipinski definition) is 2. The van der Waals surface area contributed by atoms with Gasteiger partial charge >= 0.3 is 0 Å². The van der Waals surface area contributed by atoms with Gasteiger partial charge in [-0.2, -0.15) is 0 Å². The van der Waals surface area contributed by atoms with E-state index in [0.717, 1.165) is 0 Å². The van der Waals surface area contributed by atoms with Crippen molar-refractivity contribution in [3.8, 4) is 5.75 Å². The van der Waals surface area contributed by atoms with Gasteiger partial charge in [0.1, 0.15) is 11.1 Å². The van der Waals surface area contributed by atoms with Gasteiger partial charge in [-0.25, -0.2) is 0 Å². The van der Waals surface area contributed by atoms with Crippen LogP contribution >= 0.6 is 11.6 Å². The number of aromatic hydroxyl groups is 1. The Balaban J connectivity index is 2.78. The summed E-state index contributed by atoms with van der Waals surface area (Å²) in [6.45, 7) is 3.36. The van der Waals surface area contributed by atoms with Crippen LogP contribution in [0.4, 0.5) is 5.69 Å². The van der Waals surface area contributed by atoms with E-state index in [2.05, 4.69) is 5.32 Å². The van der Waals surface area contributed by atoms with Crippen LogP contribution in [0.3, 0.4) is 0 Å². The predicted molar refractivity (Wildman–Crippen MR) is 56.8 cm³/mol. The molecule has 3 nitrogen and oxygen atoms in total. The smallest absolute Gasteiger partial charge is 0.242 e. The second-order valence-corrected chi connectivity index (χ2v) is 3.76. The summed E-state index contributed by atoms with van der Waals surface area (Å²) in [7, 11) is 0. The van der Waals surface area contributed by atoms with E-state index in [-0.39, 0.29) is 11.7 Å². The van der Waals surface area contributed by atoms with Crippen LogP contribution in [0.5, 0.6) is 5.75 Å². The number of carbonyl (C=O) groups excluding carboxylic acids is 1. The van der Waals surface area contributed by atoms with Gasteiger partial charge < -0.3 is 10.4 Å². The quantitative estimate of drug-likeness (QED) is 0.585. The number of rotatable bonds is 2. The number of anilines is 1. The number of phenolic OH excluding ortho intramolecular Hbond substituents is 1. The highest BCUT2D eigenvalue weighted by Crippen LogP contribution is 2.20. The number of halogens is 1. The molecule has 0 saturated carbocycles. The summed E-state index contributed by atoms with van der Waals surface area (Å²) < 4.78 is 0. The Kier molecular flexibility index (Phi) is 3.36. The Morgan fingerprint density at radius 1 is 1.57 bits per heavy atom. The van der Waals surface area contributed by atoms with E-state index >= 15 is 0 Å². The highest BCUT2D eigenvalue weighted by Gasteiger charge is 2.09. The zero-order chi connectivity index (χ0) is 10.7. The van der Waals surface area contributed by atoms with E-state index in [9.17, 15) is 9.90 Å². The number of benzene rings is 1. The van der Waals surface area contributed by atoms with Crippen molar-refractivity contribution < 1.29 is 9.90 Å². The molecule has 14 heavy (non-hydrogen) atoms. The fourth-order valence-corrected chi connectivity index (χ4v) is 1.03. The van der Waals surface area contributed by atoms with Crippen molar-refractivity contribution >= 4 is 23.2 Å². The first-order valence-electron chi connectivity index (χ1n) is 4.25. The minimum Gasteiger partial charge on any atom is -0.508 e. The largest absolute Gasteiger partial charge is 0.508 e. The van der Waals surface area contributed by atoms with Gasteiger partial charge in [0.2, 0.25) is 5.91 Å². The highest BCUT2D eigenvalue weighted by molar-refractivity contribution is 6.32. The molecular weight excluding hydrogens is 202 g/mol. The topological polar surface area (TPSA) is 49.3 Å². The molecule has 1 unspecified atom stereocenters. The maximum atomic E-state index is 11.2. The second kappa shape index (κ2) is 4.33. The van der Waals surface area contributed by atoms with Crippen LogP contribution in [0.1, 0.15) is 12.5 Å². The van der Waals surface area contributed by atoms with Gasteiger partial charge in [0, 0.05) is 5.69 Å². The van der Waals surface area contributed by atoms with Gasteiger partial charge in [-0.3, -0.25) is 4.79 Å². The summed E-state index contributed by atoms with van der Waals surface area (Å²) in [5.41, 5.74) is 1.35. The van der Waals surface area contributed by atoms with E-state index in [1.807, 2.05) is 0 Å². The number of phenols is 1. The molecule has 0 fully saturated rings. The van der Waals surface area contributed by atoms with Crippen LogP contribution in [0, 0.1) is 6.92 Å². The molecule has 0 bridgehead atoms. The Hall–Kier alpha value is -1.22. The molecule has 1 aromatic rings. The number of amides is 1. The average Bonchev–Trinajstić information content (AvgIpc) is 2.11. The third-order valence-corrected chi connectivity index (χ3v) is 2.02. The fourth-order valence-electron chi connectivity index (χ4n) is 0.975. The van der Waals surface area contributed by atoms with Crippen LogP contribution in [0.25, 0.3) is 0 Å². The lowest BCUT2D eigenvalue weighted by atomic mass is 10.2. The summed E-state index contributed by atoms with van der Waals surface area (Å²) in [4.78, 5) is 11.2. The summed E-state index contributed by atoms with van der Waals surface area (Å²) in [6, 6.07) is 4.84. The van der Waals surface area contributed by atoms with Crippen LogP contribution in [0.15, 0.2) is 18.2 Å². The zero-order valence-corrected chi connectivity index (χ0v) is 8.80.